The van der Waals surface area contributed by atoms with E-state index >= 15 is 0 Å². The van der Waals surface area contributed by atoms with Crippen LogP contribution in [0, 0.1) is 5.82 Å². The Balaban J connectivity index is 2.19. The van der Waals surface area contributed by atoms with Crippen LogP contribution in [0.1, 0.15) is 10.5 Å². The van der Waals surface area contributed by atoms with E-state index in [-0.39, 0.29) is 27.7 Å². The molecule has 0 unspecified atom stereocenters. The largest absolute Gasteiger partial charge is 0.464 e. The molecule has 2 aromatic heterocycles. The van der Waals surface area contributed by atoms with Gasteiger partial charge in [0.2, 0.25) is 0 Å². The van der Waals surface area contributed by atoms with E-state index in [0.717, 1.165) is 0 Å². The number of fused-ring (bicyclic) bond motifs is 1. The van der Waals surface area contributed by atoms with Crippen molar-refractivity contribution in [2.75, 3.05) is 12.8 Å². The first-order valence-corrected chi connectivity index (χ1v) is 6.55. The van der Waals surface area contributed by atoms with Gasteiger partial charge in [0.05, 0.1) is 40.8 Å². The van der Waals surface area contributed by atoms with Gasteiger partial charge in [-0.25, -0.2) is 14.2 Å². The molecular formula is C14H10ClFN4O2. The van der Waals surface area contributed by atoms with Gasteiger partial charge in [0, 0.05) is 6.20 Å². The summed E-state index contributed by atoms with van der Waals surface area (Å²) in [7, 11) is 1.26. The lowest BCUT2D eigenvalue weighted by molar-refractivity contribution is 0.0597. The number of hydrogen-bond acceptors (Lipinski definition) is 5. The smallest absolute Gasteiger partial charge is 0.358 e. The number of carbonyl (C=O) groups excluding carboxylic acids is 1. The molecule has 1 aromatic carbocycles. The second-order valence-electron chi connectivity index (χ2n) is 4.48. The molecule has 3 aromatic rings. The topological polar surface area (TPSA) is 82.5 Å². The van der Waals surface area contributed by atoms with Crippen LogP contribution in [-0.2, 0) is 4.74 Å². The van der Waals surface area contributed by atoms with Gasteiger partial charge in [-0.3, -0.25) is 4.98 Å². The van der Waals surface area contributed by atoms with Crippen LogP contribution in [0.5, 0.6) is 0 Å². The maximum absolute atomic E-state index is 14.2. The lowest BCUT2D eigenvalue weighted by Crippen LogP contribution is -2.03. The highest BCUT2D eigenvalue weighted by Gasteiger charge is 2.18. The van der Waals surface area contributed by atoms with Crippen molar-refractivity contribution in [1.82, 2.24) is 14.4 Å². The second kappa shape index (κ2) is 5.27. The maximum Gasteiger partial charge on any atom is 0.358 e. The third-order valence-corrected chi connectivity index (χ3v) is 3.49. The van der Waals surface area contributed by atoms with Crippen LogP contribution >= 0.6 is 11.6 Å². The normalized spacial score (nSPS) is 10.9. The number of benzene rings is 1. The van der Waals surface area contributed by atoms with E-state index in [1.165, 1.54) is 42.4 Å². The van der Waals surface area contributed by atoms with Gasteiger partial charge in [0.25, 0.3) is 0 Å². The summed E-state index contributed by atoms with van der Waals surface area (Å²) in [5.74, 6) is -1.22. The van der Waals surface area contributed by atoms with Crippen molar-refractivity contribution in [3.8, 4) is 11.3 Å². The predicted octanol–water partition coefficient (Wildman–Crippen LogP) is 2.56. The maximum atomic E-state index is 14.2. The Labute approximate surface area is 129 Å². The molecule has 0 aliphatic rings. The summed E-state index contributed by atoms with van der Waals surface area (Å²) >= 11 is 6.03. The molecule has 0 amide bonds. The van der Waals surface area contributed by atoms with Gasteiger partial charge < -0.3 is 14.9 Å². The molecule has 0 aliphatic heterocycles. The number of carbonyl (C=O) groups is 1. The minimum atomic E-state index is -0.646. The Bertz CT molecular complexity index is 894. The third kappa shape index (κ3) is 2.15. The molecule has 0 fully saturated rings. The molecular weight excluding hydrogens is 311 g/mol. The summed E-state index contributed by atoms with van der Waals surface area (Å²) in [5, 5.41) is 0.187. The number of halogens is 2. The second-order valence-corrected chi connectivity index (χ2v) is 4.88. The molecule has 112 valence electrons. The highest BCUT2D eigenvalue weighted by molar-refractivity contribution is 6.33. The molecule has 0 saturated carbocycles. The average molecular weight is 321 g/mol. The molecule has 0 saturated heterocycles. The predicted molar refractivity (Wildman–Crippen MR) is 79.1 cm³/mol. The number of methoxy groups -OCH3 is 1. The Kier molecular flexibility index (Phi) is 3.42. The number of imidazole rings is 1. The fourth-order valence-corrected chi connectivity index (χ4v) is 2.33. The van der Waals surface area contributed by atoms with E-state index in [1.807, 2.05) is 0 Å². The van der Waals surface area contributed by atoms with E-state index in [0.29, 0.717) is 5.52 Å². The van der Waals surface area contributed by atoms with Crippen LogP contribution in [0.25, 0.3) is 16.8 Å². The Hall–Kier alpha value is -2.67. The van der Waals surface area contributed by atoms with Gasteiger partial charge in [-0.1, -0.05) is 11.6 Å². The summed E-state index contributed by atoms with van der Waals surface area (Å²) in [6.45, 7) is 0. The molecule has 0 aliphatic carbocycles. The van der Waals surface area contributed by atoms with Crippen molar-refractivity contribution in [3.63, 3.8) is 0 Å². The summed E-state index contributed by atoms with van der Waals surface area (Å²) in [4.78, 5) is 19.7. The molecule has 8 heteroatoms. The van der Waals surface area contributed by atoms with E-state index in [2.05, 4.69) is 14.7 Å². The van der Waals surface area contributed by atoms with Crippen LogP contribution in [0.15, 0.2) is 30.9 Å². The summed E-state index contributed by atoms with van der Waals surface area (Å²) in [6.07, 6.45) is 4.32. The Morgan fingerprint density at radius 1 is 1.41 bits per heavy atom. The van der Waals surface area contributed by atoms with Crippen molar-refractivity contribution in [3.05, 3.63) is 47.4 Å². The van der Waals surface area contributed by atoms with Gasteiger partial charge in [0.1, 0.15) is 6.33 Å². The number of nitrogens with zero attached hydrogens (tertiary/aromatic N) is 3. The van der Waals surface area contributed by atoms with Crippen LogP contribution in [0.3, 0.4) is 0 Å². The molecule has 3 rings (SSSR count). The zero-order chi connectivity index (χ0) is 15.9. The molecule has 22 heavy (non-hydrogen) atoms. The van der Waals surface area contributed by atoms with E-state index < -0.39 is 11.8 Å². The van der Waals surface area contributed by atoms with Crippen molar-refractivity contribution in [2.45, 2.75) is 0 Å². The number of ether oxygens (including phenoxy) is 1. The number of esters is 1. The lowest BCUT2D eigenvalue weighted by Gasteiger charge is -2.08. The van der Waals surface area contributed by atoms with Crippen molar-refractivity contribution < 1.29 is 13.9 Å². The number of nitrogen functional groups attached to an aromatic ring is 1. The number of nitrogens with two attached hydrogens (primary N) is 1. The van der Waals surface area contributed by atoms with Gasteiger partial charge in [-0.05, 0) is 12.1 Å². The SMILES string of the molecule is COC(=O)c1ncn2cc(-c3c(Cl)ccc(N)c3F)ncc12. The third-order valence-electron chi connectivity index (χ3n) is 3.18. The molecule has 0 spiro atoms. The summed E-state index contributed by atoms with van der Waals surface area (Å²) in [6, 6.07) is 2.88. The highest BCUT2D eigenvalue weighted by Crippen LogP contribution is 2.32. The van der Waals surface area contributed by atoms with E-state index in [9.17, 15) is 9.18 Å². The first-order valence-electron chi connectivity index (χ1n) is 6.17. The zero-order valence-electron chi connectivity index (χ0n) is 11.4. The highest BCUT2D eigenvalue weighted by atomic mass is 35.5. The van der Waals surface area contributed by atoms with Gasteiger partial charge >= 0.3 is 5.97 Å². The number of aromatic nitrogens is 3. The number of hydrogen-bond donors (Lipinski definition) is 1. The molecule has 2 heterocycles. The van der Waals surface area contributed by atoms with Gasteiger partial charge in [-0.15, -0.1) is 0 Å². The van der Waals surface area contributed by atoms with E-state index in [1.54, 1.807) is 0 Å². The Morgan fingerprint density at radius 3 is 2.91 bits per heavy atom. The molecule has 2 N–H and O–H groups in total. The lowest BCUT2D eigenvalue weighted by atomic mass is 10.1. The van der Waals surface area contributed by atoms with Crippen molar-refractivity contribution in [2.24, 2.45) is 0 Å². The zero-order valence-corrected chi connectivity index (χ0v) is 12.1. The molecule has 6 nitrogen and oxygen atoms in total. The van der Waals surface area contributed by atoms with Crippen LogP contribution in [0.4, 0.5) is 10.1 Å². The van der Waals surface area contributed by atoms with Crippen molar-refractivity contribution in [1.29, 1.82) is 0 Å². The first-order chi connectivity index (χ1) is 10.5. The minimum Gasteiger partial charge on any atom is -0.464 e. The fourth-order valence-electron chi connectivity index (χ4n) is 2.08. The van der Waals surface area contributed by atoms with Crippen molar-refractivity contribution >= 4 is 28.8 Å². The quantitative estimate of drug-likeness (QED) is 0.579. The van der Waals surface area contributed by atoms with Crippen LogP contribution < -0.4 is 5.73 Å². The average Bonchev–Trinajstić information content (AvgIpc) is 2.94. The monoisotopic (exact) mass is 320 g/mol. The Morgan fingerprint density at radius 2 is 2.18 bits per heavy atom. The summed E-state index contributed by atoms with van der Waals surface area (Å²) < 4.78 is 20.4. The number of rotatable bonds is 2. The molecule has 0 bridgehead atoms. The summed E-state index contributed by atoms with van der Waals surface area (Å²) in [5.41, 5.74) is 6.47. The first kappa shape index (κ1) is 14.3. The standard InChI is InChI=1S/C14H10ClFN4O2/c1-22-14(21)13-10-4-18-9(5-20(10)6-19-13)11-7(15)2-3-8(17)12(11)16/h2-6H,17H2,1H3. The molecule has 0 atom stereocenters. The van der Waals surface area contributed by atoms with E-state index in [4.69, 9.17) is 17.3 Å². The minimum absolute atomic E-state index is 0.0258. The fraction of sp³-hybridized carbons (Fsp3) is 0.0714. The number of anilines is 1. The molecule has 0 radical (unpaired) electrons. The van der Waals surface area contributed by atoms with Crippen LogP contribution in [-0.4, -0.2) is 27.4 Å². The van der Waals surface area contributed by atoms with Gasteiger partial charge in [-0.2, -0.15) is 0 Å². The van der Waals surface area contributed by atoms with Gasteiger partial charge in [0.15, 0.2) is 11.5 Å². The van der Waals surface area contributed by atoms with Crippen LogP contribution in [0.2, 0.25) is 5.02 Å².